The molecule has 1 aromatic heterocycles. The third kappa shape index (κ3) is 2.73. The van der Waals surface area contributed by atoms with Gasteiger partial charge in [0.05, 0.1) is 5.69 Å². The molecular weight excluding hydrogens is 254 g/mol. The molecule has 0 saturated carbocycles. The molecule has 0 radical (unpaired) electrons. The predicted molar refractivity (Wildman–Crippen MR) is 70.8 cm³/mol. The lowest BCUT2D eigenvalue weighted by Crippen LogP contribution is -2.07. The van der Waals surface area contributed by atoms with Crippen molar-refractivity contribution >= 4 is 21.2 Å². The third-order valence-electron chi connectivity index (χ3n) is 2.58. The van der Waals surface area contributed by atoms with Crippen molar-refractivity contribution in [2.24, 2.45) is 0 Å². The van der Waals surface area contributed by atoms with E-state index in [1.807, 2.05) is 35.7 Å². The van der Waals surface area contributed by atoms with Crippen LogP contribution >= 0.6 is 11.3 Å². The van der Waals surface area contributed by atoms with E-state index < -0.39 is 15.1 Å². The minimum Gasteiger partial charge on any atom is -0.240 e. The summed E-state index contributed by atoms with van der Waals surface area (Å²) in [6.07, 6.45) is 1.24. The van der Waals surface area contributed by atoms with Gasteiger partial charge in [-0.1, -0.05) is 30.3 Å². The molecule has 5 heteroatoms. The number of rotatable bonds is 3. The number of sulfone groups is 1. The molecule has 90 valence electrons. The van der Waals surface area contributed by atoms with Crippen molar-refractivity contribution in [3.8, 4) is 11.3 Å². The van der Waals surface area contributed by atoms with E-state index in [4.69, 9.17) is 0 Å². The summed E-state index contributed by atoms with van der Waals surface area (Å²) in [5.41, 5.74) is 1.84. The van der Waals surface area contributed by atoms with Gasteiger partial charge in [-0.2, -0.15) is 0 Å². The summed E-state index contributed by atoms with van der Waals surface area (Å²) in [6, 6.07) is 9.74. The first-order chi connectivity index (χ1) is 7.98. The highest BCUT2D eigenvalue weighted by atomic mass is 32.2. The lowest BCUT2D eigenvalue weighted by molar-refractivity contribution is 0.592. The Morgan fingerprint density at radius 1 is 1.24 bits per heavy atom. The zero-order valence-corrected chi connectivity index (χ0v) is 11.3. The van der Waals surface area contributed by atoms with Crippen molar-refractivity contribution in [1.29, 1.82) is 0 Å². The SMILES string of the molecule is CC(c1nc(-c2ccccc2)cs1)S(C)(=O)=O. The van der Waals surface area contributed by atoms with E-state index in [2.05, 4.69) is 4.98 Å². The molecule has 0 N–H and O–H groups in total. The highest BCUT2D eigenvalue weighted by Gasteiger charge is 2.20. The summed E-state index contributed by atoms with van der Waals surface area (Å²) in [6.45, 7) is 1.67. The first kappa shape index (κ1) is 12.3. The molecule has 1 unspecified atom stereocenters. The van der Waals surface area contributed by atoms with Gasteiger partial charge in [0.15, 0.2) is 9.84 Å². The highest BCUT2D eigenvalue weighted by Crippen LogP contribution is 2.28. The maximum Gasteiger partial charge on any atom is 0.156 e. The van der Waals surface area contributed by atoms with Gasteiger partial charge in [-0.3, -0.25) is 0 Å². The first-order valence-electron chi connectivity index (χ1n) is 5.18. The lowest BCUT2D eigenvalue weighted by Gasteiger charge is -2.04. The number of benzene rings is 1. The molecule has 0 aliphatic rings. The average Bonchev–Trinajstić information content (AvgIpc) is 2.77. The van der Waals surface area contributed by atoms with Crippen molar-refractivity contribution in [2.75, 3.05) is 6.26 Å². The zero-order chi connectivity index (χ0) is 12.5. The summed E-state index contributed by atoms with van der Waals surface area (Å²) < 4.78 is 22.9. The van der Waals surface area contributed by atoms with Crippen molar-refractivity contribution in [2.45, 2.75) is 12.2 Å². The molecule has 0 amide bonds. The van der Waals surface area contributed by atoms with Gasteiger partial charge in [0, 0.05) is 17.2 Å². The van der Waals surface area contributed by atoms with Gasteiger partial charge in [-0.15, -0.1) is 11.3 Å². The Morgan fingerprint density at radius 2 is 1.88 bits per heavy atom. The van der Waals surface area contributed by atoms with Crippen LogP contribution in [0.3, 0.4) is 0 Å². The number of thiazole rings is 1. The summed E-state index contributed by atoms with van der Waals surface area (Å²) in [5, 5.41) is 2.00. The quantitative estimate of drug-likeness (QED) is 0.859. The molecule has 2 rings (SSSR count). The maximum atomic E-state index is 11.4. The largest absolute Gasteiger partial charge is 0.240 e. The van der Waals surface area contributed by atoms with Crippen LogP contribution in [-0.4, -0.2) is 19.7 Å². The Kier molecular flexibility index (Phi) is 3.31. The molecule has 0 spiro atoms. The van der Waals surface area contributed by atoms with E-state index in [9.17, 15) is 8.42 Å². The summed E-state index contributed by atoms with van der Waals surface area (Å²) >= 11 is 1.39. The minimum absolute atomic E-state index is 0.537. The fourth-order valence-corrected chi connectivity index (χ4v) is 3.27. The smallest absolute Gasteiger partial charge is 0.156 e. The van der Waals surface area contributed by atoms with Crippen LogP contribution in [0.2, 0.25) is 0 Å². The second-order valence-electron chi connectivity index (χ2n) is 3.91. The molecule has 17 heavy (non-hydrogen) atoms. The van der Waals surface area contributed by atoms with Gasteiger partial charge >= 0.3 is 0 Å². The molecule has 1 atom stereocenters. The monoisotopic (exact) mass is 267 g/mol. The maximum absolute atomic E-state index is 11.4. The zero-order valence-electron chi connectivity index (χ0n) is 9.62. The van der Waals surface area contributed by atoms with Gasteiger partial charge in [-0.25, -0.2) is 13.4 Å². The number of hydrogen-bond acceptors (Lipinski definition) is 4. The van der Waals surface area contributed by atoms with Crippen LogP contribution in [0.15, 0.2) is 35.7 Å². The van der Waals surface area contributed by atoms with Crippen molar-refractivity contribution < 1.29 is 8.42 Å². The molecule has 3 nitrogen and oxygen atoms in total. The van der Waals surface area contributed by atoms with Crippen LogP contribution in [0.5, 0.6) is 0 Å². The summed E-state index contributed by atoms with van der Waals surface area (Å²) in [4.78, 5) is 4.39. The molecule has 1 aromatic carbocycles. The van der Waals surface area contributed by atoms with E-state index >= 15 is 0 Å². The van der Waals surface area contributed by atoms with E-state index in [1.54, 1.807) is 6.92 Å². The predicted octanol–water partition coefficient (Wildman–Crippen LogP) is 2.92. The molecule has 0 aliphatic heterocycles. The minimum atomic E-state index is -3.08. The van der Waals surface area contributed by atoms with Gasteiger partial charge < -0.3 is 0 Å². The van der Waals surface area contributed by atoms with Crippen molar-refractivity contribution in [3.63, 3.8) is 0 Å². The fourth-order valence-electron chi connectivity index (χ4n) is 1.40. The number of aromatic nitrogens is 1. The Bertz CT molecular complexity index is 602. The Hall–Kier alpha value is -1.20. The van der Waals surface area contributed by atoms with Crippen LogP contribution in [-0.2, 0) is 9.84 Å². The van der Waals surface area contributed by atoms with Crippen LogP contribution < -0.4 is 0 Å². The van der Waals surface area contributed by atoms with Crippen molar-refractivity contribution in [3.05, 3.63) is 40.7 Å². The standard InChI is InChI=1S/C12H13NO2S2/c1-9(17(2,14)15)12-13-11(8-16-12)10-6-4-3-5-7-10/h3-9H,1-2H3. The van der Waals surface area contributed by atoms with Gasteiger partial charge in [0.25, 0.3) is 0 Å². The Balaban J connectivity index is 2.35. The molecule has 0 aliphatic carbocycles. The second kappa shape index (κ2) is 4.58. The van der Waals surface area contributed by atoms with Gasteiger partial charge in [0.1, 0.15) is 10.3 Å². The number of hydrogen-bond donors (Lipinski definition) is 0. The highest BCUT2D eigenvalue weighted by molar-refractivity contribution is 7.91. The molecule has 1 heterocycles. The van der Waals surface area contributed by atoms with E-state index in [0.717, 1.165) is 11.3 Å². The van der Waals surface area contributed by atoms with Crippen LogP contribution in [0.1, 0.15) is 17.2 Å². The molecule has 0 fully saturated rings. The van der Waals surface area contributed by atoms with E-state index in [-0.39, 0.29) is 0 Å². The van der Waals surface area contributed by atoms with Crippen molar-refractivity contribution in [1.82, 2.24) is 4.98 Å². The Morgan fingerprint density at radius 3 is 2.47 bits per heavy atom. The molecule has 0 bridgehead atoms. The van der Waals surface area contributed by atoms with E-state index in [0.29, 0.717) is 5.01 Å². The average molecular weight is 267 g/mol. The summed E-state index contributed by atoms with van der Waals surface area (Å²) in [7, 11) is -3.08. The molecule has 2 aromatic rings. The molecular formula is C12H13NO2S2. The number of nitrogens with zero attached hydrogens (tertiary/aromatic N) is 1. The van der Waals surface area contributed by atoms with Crippen LogP contribution in [0.4, 0.5) is 0 Å². The third-order valence-corrected chi connectivity index (χ3v) is 5.27. The summed E-state index contributed by atoms with van der Waals surface area (Å²) in [5.74, 6) is 0. The van der Waals surface area contributed by atoms with Crippen LogP contribution in [0.25, 0.3) is 11.3 Å². The van der Waals surface area contributed by atoms with Gasteiger partial charge in [0.2, 0.25) is 0 Å². The van der Waals surface area contributed by atoms with E-state index in [1.165, 1.54) is 17.6 Å². The Labute approximate surface area is 105 Å². The molecule has 0 saturated heterocycles. The fraction of sp³-hybridized carbons (Fsp3) is 0.250. The first-order valence-corrected chi connectivity index (χ1v) is 8.01. The lowest BCUT2D eigenvalue weighted by atomic mass is 10.2. The van der Waals surface area contributed by atoms with Crippen LogP contribution in [0, 0.1) is 0 Å². The normalized spacial score (nSPS) is 13.5. The topological polar surface area (TPSA) is 47.0 Å². The van der Waals surface area contributed by atoms with Gasteiger partial charge in [-0.05, 0) is 6.92 Å². The second-order valence-corrected chi connectivity index (χ2v) is 7.16.